The van der Waals surface area contributed by atoms with E-state index in [1.807, 2.05) is 0 Å². The SMILES string of the molecule is N#C/C(=C\C=C\c1ccccc1[N+](=O)[O-])C(=O)Nc1ccc(F)c(Cl)c1. The Morgan fingerprint density at radius 1 is 1.31 bits per heavy atom. The van der Waals surface area contributed by atoms with Gasteiger partial charge in [0.05, 0.1) is 15.5 Å². The van der Waals surface area contributed by atoms with E-state index in [0.717, 1.165) is 6.07 Å². The molecule has 0 saturated heterocycles. The monoisotopic (exact) mass is 371 g/mol. The summed E-state index contributed by atoms with van der Waals surface area (Å²) in [5.41, 5.74) is 0.225. The van der Waals surface area contributed by atoms with Crippen LogP contribution in [0.2, 0.25) is 5.02 Å². The van der Waals surface area contributed by atoms with Gasteiger partial charge in [0.15, 0.2) is 0 Å². The molecular weight excluding hydrogens is 361 g/mol. The van der Waals surface area contributed by atoms with Crippen molar-refractivity contribution in [2.45, 2.75) is 0 Å². The number of nitro groups is 1. The lowest BCUT2D eigenvalue weighted by molar-refractivity contribution is -0.385. The molecule has 1 amide bonds. The summed E-state index contributed by atoms with van der Waals surface area (Å²) < 4.78 is 13.1. The van der Waals surface area contributed by atoms with Gasteiger partial charge in [-0.3, -0.25) is 14.9 Å². The Balaban J connectivity index is 2.17. The average Bonchev–Trinajstić information content (AvgIpc) is 2.62. The number of nitro benzene ring substituents is 1. The topological polar surface area (TPSA) is 96.0 Å². The van der Waals surface area contributed by atoms with Gasteiger partial charge in [-0.1, -0.05) is 29.8 Å². The highest BCUT2D eigenvalue weighted by molar-refractivity contribution is 6.31. The van der Waals surface area contributed by atoms with E-state index in [9.17, 15) is 19.3 Å². The van der Waals surface area contributed by atoms with Gasteiger partial charge in [-0.25, -0.2) is 4.39 Å². The van der Waals surface area contributed by atoms with Crippen LogP contribution in [0.25, 0.3) is 6.08 Å². The van der Waals surface area contributed by atoms with Gasteiger partial charge in [0.2, 0.25) is 0 Å². The van der Waals surface area contributed by atoms with E-state index in [-0.39, 0.29) is 22.0 Å². The Kier molecular flexibility index (Phi) is 6.20. The highest BCUT2D eigenvalue weighted by atomic mass is 35.5. The molecular formula is C18H11ClFN3O3. The number of para-hydroxylation sites is 1. The van der Waals surface area contributed by atoms with Crippen LogP contribution in [0.4, 0.5) is 15.8 Å². The van der Waals surface area contributed by atoms with Gasteiger partial charge >= 0.3 is 0 Å². The Bertz CT molecular complexity index is 964. The lowest BCUT2D eigenvalue weighted by Crippen LogP contribution is -2.13. The second-order valence-electron chi connectivity index (χ2n) is 4.95. The molecule has 0 saturated carbocycles. The Morgan fingerprint density at radius 3 is 2.69 bits per heavy atom. The lowest BCUT2D eigenvalue weighted by atomic mass is 10.1. The number of hydrogen-bond donors (Lipinski definition) is 1. The Hall–Kier alpha value is -3.50. The standard InChI is InChI=1S/C18H11ClFN3O3/c19-15-10-14(8-9-16(15)20)22-18(24)13(11-21)6-3-5-12-4-1-2-7-17(12)23(25)26/h1-10H,(H,22,24)/b5-3+,13-6+. The van der Waals surface area contributed by atoms with Crippen LogP contribution in [0.3, 0.4) is 0 Å². The van der Waals surface area contributed by atoms with Gasteiger partial charge < -0.3 is 5.32 Å². The molecule has 0 aliphatic heterocycles. The fraction of sp³-hybridized carbons (Fsp3) is 0. The number of benzene rings is 2. The van der Waals surface area contributed by atoms with E-state index >= 15 is 0 Å². The molecule has 0 atom stereocenters. The third-order valence-electron chi connectivity index (χ3n) is 3.21. The first-order valence-electron chi connectivity index (χ1n) is 7.20. The summed E-state index contributed by atoms with van der Waals surface area (Å²) in [7, 11) is 0. The minimum absolute atomic E-state index is 0.0962. The molecule has 0 aliphatic carbocycles. The van der Waals surface area contributed by atoms with Crippen molar-refractivity contribution in [3.8, 4) is 6.07 Å². The maximum atomic E-state index is 13.1. The van der Waals surface area contributed by atoms with Crippen molar-refractivity contribution in [1.82, 2.24) is 0 Å². The summed E-state index contributed by atoms with van der Waals surface area (Å²) in [5.74, 6) is -1.35. The van der Waals surface area contributed by atoms with E-state index in [2.05, 4.69) is 5.32 Å². The summed E-state index contributed by atoms with van der Waals surface area (Å²) in [5, 5.41) is 22.3. The van der Waals surface area contributed by atoms with Gasteiger partial charge in [-0.05, 0) is 36.4 Å². The Morgan fingerprint density at radius 2 is 2.04 bits per heavy atom. The van der Waals surface area contributed by atoms with Crippen molar-refractivity contribution in [2.24, 2.45) is 0 Å². The maximum Gasteiger partial charge on any atom is 0.276 e. The van der Waals surface area contributed by atoms with Crippen molar-refractivity contribution >= 4 is 35.0 Å². The number of carbonyl (C=O) groups is 1. The van der Waals surface area contributed by atoms with Crippen molar-refractivity contribution < 1.29 is 14.1 Å². The van der Waals surface area contributed by atoms with E-state index in [1.165, 1.54) is 48.6 Å². The molecule has 0 fully saturated rings. The third kappa shape index (κ3) is 4.75. The molecule has 1 N–H and O–H groups in total. The third-order valence-corrected chi connectivity index (χ3v) is 3.50. The van der Waals surface area contributed by atoms with Crippen LogP contribution in [0.1, 0.15) is 5.56 Å². The van der Waals surface area contributed by atoms with Crippen molar-refractivity contribution in [3.05, 3.63) is 86.7 Å². The normalized spacial score (nSPS) is 11.2. The van der Waals surface area contributed by atoms with Crippen LogP contribution in [0.5, 0.6) is 0 Å². The number of rotatable bonds is 5. The number of hydrogen-bond acceptors (Lipinski definition) is 4. The van der Waals surface area contributed by atoms with E-state index in [1.54, 1.807) is 12.1 Å². The molecule has 6 nitrogen and oxygen atoms in total. The number of halogens is 2. The predicted octanol–water partition coefficient (Wildman–Crippen LogP) is 4.49. The van der Waals surface area contributed by atoms with Gasteiger partial charge in [0.25, 0.3) is 11.6 Å². The van der Waals surface area contributed by atoms with Crippen LogP contribution < -0.4 is 5.32 Å². The lowest BCUT2D eigenvalue weighted by Gasteiger charge is -2.04. The molecule has 0 spiro atoms. The maximum absolute atomic E-state index is 13.1. The van der Waals surface area contributed by atoms with Crippen LogP contribution in [0.15, 0.2) is 60.2 Å². The molecule has 0 radical (unpaired) electrons. The molecule has 2 aromatic carbocycles. The number of nitriles is 1. The van der Waals surface area contributed by atoms with Gasteiger partial charge in [0.1, 0.15) is 17.5 Å². The first-order chi connectivity index (χ1) is 12.4. The summed E-state index contributed by atoms with van der Waals surface area (Å²) in [4.78, 5) is 22.5. The summed E-state index contributed by atoms with van der Waals surface area (Å²) in [6, 6.07) is 11.4. The van der Waals surface area contributed by atoms with Gasteiger partial charge in [-0.2, -0.15) is 5.26 Å². The summed E-state index contributed by atoms with van der Waals surface area (Å²) in [6.45, 7) is 0. The average molecular weight is 372 g/mol. The predicted molar refractivity (Wildman–Crippen MR) is 95.9 cm³/mol. The van der Waals surface area contributed by atoms with E-state index in [4.69, 9.17) is 16.9 Å². The molecule has 0 aromatic heterocycles. The smallest absolute Gasteiger partial charge is 0.276 e. The number of nitrogens with one attached hydrogen (secondary N) is 1. The van der Waals surface area contributed by atoms with Crippen LogP contribution >= 0.6 is 11.6 Å². The molecule has 0 unspecified atom stereocenters. The molecule has 130 valence electrons. The van der Waals surface area contributed by atoms with Gasteiger partial charge in [0, 0.05) is 11.8 Å². The minimum Gasteiger partial charge on any atom is -0.321 e. The molecule has 8 heteroatoms. The fourth-order valence-electron chi connectivity index (χ4n) is 1.98. The molecule has 2 aromatic rings. The van der Waals surface area contributed by atoms with Gasteiger partial charge in [-0.15, -0.1) is 0 Å². The van der Waals surface area contributed by atoms with E-state index < -0.39 is 16.6 Å². The van der Waals surface area contributed by atoms with E-state index in [0.29, 0.717) is 5.56 Å². The number of carbonyl (C=O) groups excluding carboxylic acids is 1. The van der Waals surface area contributed by atoms with Crippen molar-refractivity contribution in [1.29, 1.82) is 5.26 Å². The van der Waals surface area contributed by atoms with Crippen molar-refractivity contribution in [3.63, 3.8) is 0 Å². The Labute approximate surface area is 153 Å². The van der Waals surface area contributed by atoms with Crippen LogP contribution in [-0.2, 0) is 4.79 Å². The zero-order valence-corrected chi connectivity index (χ0v) is 13.9. The largest absolute Gasteiger partial charge is 0.321 e. The second-order valence-corrected chi connectivity index (χ2v) is 5.36. The number of allylic oxidation sites excluding steroid dienone is 2. The summed E-state index contributed by atoms with van der Waals surface area (Å²) in [6.07, 6.45) is 3.99. The molecule has 0 heterocycles. The highest BCUT2D eigenvalue weighted by Crippen LogP contribution is 2.20. The molecule has 26 heavy (non-hydrogen) atoms. The first kappa shape index (κ1) is 18.8. The molecule has 0 bridgehead atoms. The fourth-order valence-corrected chi connectivity index (χ4v) is 2.16. The number of amides is 1. The van der Waals surface area contributed by atoms with Crippen LogP contribution in [-0.4, -0.2) is 10.8 Å². The van der Waals surface area contributed by atoms with Crippen LogP contribution in [0, 0.1) is 27.3 Å². The second kappa shape index (κ2) is 8.55. The number of anilines is 1. The molecule has 0 aliphatic rings. The number of nitrogens with zero attached hydrogens (tertiary/aromatic N) is 2. The zero-order valence-electron chi connectivity index (χ0n) is 13.1. The minimum atomic E-state index is -0.720. The highest BCUT2D eigenvalue weighted by Gasteiger charge is 2.11. The first-order valence-corrected chi connectivity index (χ1v) is 7.58. The van der Waals surface area contributed by atoms with Crippen molar-refractivity contribution in [2.75, 3.05) is 5.32 Å². The quantitative estimate of drug-likeness (QED) is 0.275. The molecule has 2 rings (SSSR count). The zero-order chi connectivity index (χ0) is 19.1. The summed E-state index contributed by atoms with van der Waals surface area (Å²) >= 11 is 5.63.